The second kappa shape index (κ2) is 10.2. The highest BCUT2D eigenvalue weighted by Crippen LogP contribution is 2.11. The molecule has 0 aliphatic carbocycles. The van der Waals surface area contributed by atoms with E-state index in [4.69, 9.17) is 0 Å². The second-order valence-electron chi connectivity index (χ2n) is 4.35. The van der Waals surface area contributed by atoms with Crippen molar-refractivity contribution in [1.82, 2.24) is 4.90 Å². The first-order valence-corrected chi connectivity index (χ1v) is 6.61. The van der Waals surface area contributed by atoms with Gasteiger partial charge in [-0.15, -0.1) is 6.58 Å². The molecule has 0 fully saturated rings. The summed E-state index contributed by atoms with van der Waals surface area (Å²) in [5.41, 5.74) is 0. The summed E-state index contributed by atoms with van der Waals surface area (Å²) in [4.78, 5) is 2.55. The smallest absolute Gasteiger partial charge is 0.00666 e. The van der Waals surface area contributed by atoms with Gasteiger partial charge in [0.1, 0.15) is 0 Å². The van der Waals surface area contributed by atoms with Gasteiger partial charge in [0.25, 0.3) is 0 Å². The zero-order valence-corrected chi connectivity index (χ0v) is 11.0. The molecule has 0 aromatic rings. The van der Waals surface area contributed by atoms with E-state index < -0.39 is 0 Å². The molecule has 15 heavy (non-hydrogen) atoms. The Labute approximate surface area is 96.6 Å². The van der Waals surface area contributed by atoms with Crippen molar-refractivity contribution in [2.75, 3.05) is 13.1 Å². The van der Waals surface area contributed by atoms with Crippen LogP contribution in [0.15, 0.2) is 12.7 Å². The molecule has 1 atom stereocenters. The third-order valence-corrected chi connectivity index (χ3v) is 3.22. The summed E-state index contributed by atoms with van der Waals surface area (Å²) in [6.45, 7) is 13.0. The van der Waals surface area contributed by atoms with Crippen molar-refractivity contribution < 1.29 is 0 Å². The van der Waals surface area contributed by atoms with Gasteiger partial charge < -0.3 is 4.90 Å². The lowest BCUT2D eigenvalue weighted by Gasteiger charge is -2.26. The van der Waals surface area contributed by atoms with E-state index in [0.717, 1.165) is 6.04 Å². The van der Waals surface area contributed by atoms with Crippen molar-refractivity contribution in [1.29, 1.82) is 0 Å². The van der Waals surface area contributed by atoms with E-state index in [1.807, 2.05) is 6.08 Å². The van der Waals surface area contributed by atoms with Gasteiger partial charge in [-0.25, -0.2) is 0 Å². The van der Waals surface area contributed by atoms with Crippen molar-refractivity contribution in [3.8, 4) is 0 Å². The molecule has 1 unspecified atom stereocenters. The average molecular weight is 211 g/mol. The molecular weight excluding hydrogens is 182 g/mol. The Hall–Kier alpha value is -0.300. The van der Waals surface area contributed by atoms with Crippen LogP contribution in [-0.4, -0.2) is 24.0 Å². The Morgan fingerprint density at radius 1 is 1.07 bits per heavy atom. The predicted octanol–water partition coefficient (Wildman–Crippen LogP) is 4.24. The fraction of sp³-hybridized carbons (Fsp3) is 0.857. The lowest BCUT2D eigenvalue weighted by molar-refractivity contribution is 0.217. The van der Waals surface area contributed by atoms with Crippen molar-refractivity contribution in [3.63, 3.8) is 0 Å². The molecule has 0 bridgehead atoms. The van der Waals surface area contributed by atoms with Crippen molar-refractivity contribution in [3.05, 3.63) is 12.7 Å². The highest BCUT2D eigenvalue weighted by molar-refractivity contribution is 4.67. The van der Waals surface area contributed by atoms with Crippen LogP contribution < -0.4 is 0 Å². The Bertz CT molecular complexity index is 138. The maximum absolute atomic E-state index is 3.75. The maximum atomic E-state index is 3.75. The molecule has 0 saturated carbocycles. The van der Waals surface area contributed by atoms with Gasteiger partial charge in [0.2, 0.25) is 0 Å². The fourth-order valence-electron chi connectivity index (χ4n) is 2.11. The monoisotopic (exact) mass is 211 g/mol. The summed E-state index contributed by atoms with van der Waals surface area (Å²) < 4.78 is 0. The molecule has 0 aromatic carbocycles. The van der Waals surface area contributed by atoms with Crippen LogP contribution in [0.5, 0.6) is 0 Å². The topological polar surface area (TPSA) is 3.24 Å². The zero-order chi connectivity index (χ0) is 11.5. The highest BCUT2D eigenvalue weighted by atomic mass is 15.1. The van der Waals surface area contributed by atoms with Crippen LogP contribution in [-0.2, 0) is 0 Å². The van der Waals surface area contributed by atoms with E-state index in [9.17, 15) is 0 Å². The summed E-state index contributed by atoms with van der Waals surface area (Å²) in [5, 5.41) is 0. The van der Waals surface area contributed by atoms with E-state index in [0.29, 0.717) is 0 Å². The fourth-order valence-corrected chi connectivity index (χ4v) is 2.11. The van der Waals surface area contributed by atoms with Crippen LogP contribution in [0.2, 0.25) is 0 Å². The molecule has 0 N–H and O–H groups in total. The van der Waals surface area contributed by atoms with Gasteiger partial charge in [0.05, 0.1) is 0 Å². The molecule has 90 valence electrons. The molecule has 0 aliphatic heterocycles. The Morgan fingerprint density at radius 2 is 1.67 bits per heavy atom. The number of unbranched alkanes of at least 4 members (excludes halogenated alkanes) is 4. The van der Waals surface area contributed by atoms with Crippen LogP contribution in [0.25, 0.3) is 0 Å². The van der Waals surface area contributed by atoms with Crippen LogP contribution in [0.1, 0.15) is 59.3 Å². The lowest BCUT2D eigenvalue weighted by atomic mass is 10.1. The molecule has 0 spiro atoms. The maximum Gasteiger partial charge on any atom is 0.00666 e. The first-order valence-electron chi connectivity index (χ1n) is 6.61. The lowest BCUT2D eigenvalue weighted by Crippen LogP contribution is -2.32. The van der Waals surface area contributed by atoms with Gasteiger partial charge in [-0.3, -0.25) is 0 Å². The van der Waals surface area contributed by atoms with Crippen molar-refractivity contribution >= 4 is 0 Å². The molecule has 0 rings (SSSR count). The molecular formula is C14H29N. The van der Waals surface area contributed by atoms with Gasteiger partial charge in [0.15, 0.2) is 0 Å². The van der Waals surface area contributed by atoms with Crippen LogP contribution in [0.4, 0.5) is 0 Å². The van der Waals surface area contributed by atoms with E-state index >= 15 is 0 Å². The second-order valence-corrected chi connectivity index (χ2v) is 4.35. The third-order valence-electron chi connectivity index (χ3n) is 3.22. The minimum atomic E-state index is 0.763. The number of hydrogen-bond acceptors (Lipinski definition) is 1. The van der Waals surface area contributed by atoms with E-state index in [-0.39, 0.29) is 0 Å². The van der Waals surface area contributed by atoms with E-state index in [2.05, 4.69) is 32.3 Å². The Balaban J connectivity index is 3.37. The van der Waals surface area contributed by atoms with E-state index in [1.54, 1.807) is 0 Å². The van der Waals surface area contributed by atoms with Crippen LogP contribution in [0.3, 0.4) is 0 Å². The third kappa shape index (κ3) is 7.61. The number of hydrogen-bond donors (Lipinski definition) is 0. The first-order chi connectivity index (χ1) is 7.26. The highest BCUT2D eigenvalue weighted by Gasteiger charge is 2.08. The zero-order valence-electron chi connectivity index (χ0n) is 11.0. The normalized spacial score (nSPS) is 13.1. The number of nitrogens with zero attached hydrogens (tertiary/aromatic N) is 1. The van der Waals surface area contributed by atoms with E-state index in [1.165, 1.54) is 51.6 Å². The van der Waals surface area contributed by atoms with Gasteiger partial charge in [-0.1, -0.05) is 39.2 Å². The molecule has 0 heterocycles. The molecule has 0 saturated heterocycles. The molecule has 0 aliphatic rings. The number of allylic oxidation sites excluding steroid dienone is 1. The van der Waals surface area contributed by atoms with Gasteiger partial charge >= 0.3 is 0 Å². The van der Waals surface area contributed by atoms with Crippen LogP contribution in [0, 0.1) is 0 Å². The van der Waals surface area contributed by atoms with Crippen LogP contribution >= 0.6 is 0 Å². The Morgan fingerprint density at radius 3 is 2.20 bits per heavy atom. The summed E-state index contributed by atoms with van der Waals surface area (Å²) in [6, 6.07) is 0.763. The summed E-state index contributed by atoms with van der Waals surface area (Å²) in [6.07, 6.45) is 10.0. The molecule has 1 heteroatoms. The standard InChI is InChI=1S/C14H29N/c1-5-8-9-10-11-12-13-14(4)15(6-2)7-3/h5,14H,1,6-13H2,2-4H3. The average Bonchev–Trinajstić information content (AvgIpc) is 2.25. The first kappa shape index (κ1) is 14.7. The molecule has 1 nitrogen and oxygen atoms in total. The molecule has 0 aromatic heterocycles. The SMILES string of the molecule is C=CCCCCCCC(C)N(CC)CC. The minimum Gasteiger partial charge on any atom is -0.301 e. The quantitative estimate of drug-likeness (QED) is 0.386. The van der Waals surface area contributed by atoms with Gasteiger partial charge in [-0.2, -0.15) is 0 Å². The van der Waals surface area contributed by atoms with Crippen molar-refractivity contribution in [2.45, 2.75) is 65.3 Å². The summed E-state index contributed by atoms with van der Waals surface area (Å²) in [7, 11) is 0. The summed E-state index contributed by atoms with van der Waals surface area (Å²) in [5.74, 6) is 0. The predicted molar refractivity (Wildman–Crippen MR) is 70.3 cm³/mol. The largest absolute Gasteiger partial charge is 0.301 e. The summed E-state index contributed by atoms with van der Waals surface area (Å²) >= 11 is 0. The van der Waals surface area contributed by atoms with Gasteiger partial charge in [-0.05, 0) is 39.3 Å². The Kier molecular flexibility index (Phi) is 10.0. The molecule has 0 amide bonds. The minimum absolute atomic E-state index is 0.763. The number of rotatable bonds is 10. The molecule has 0 radical (unpaired) electrons. The van der Waals surface area contributed by atoms with Crippen molar-refractivity contribution in [2.24, 2.45) is 0 Å². The van der Waals surface area contributed by atoms with Gasteiger partial charge in [0, 0.05) is 6.04 Å².